The molecule has 1 aliphatic rings. The molecule has 1 amide bonds. The Kier molecular flexibility index (Phi) is 4.29. The molecule has 118 valence electrons. The van der Waals surface area contributed by atoms with Gasteiger partial charge in [-0.05, 0) is 33.6 Å². The van der Waals surface area contributed by atoms with Gasteiger partial charge in [0.25, 0.3) is 5.91 Å². The van der Waals surface area contributed by atoms with Gasteiger partial charge in [0.2, 0.25) is 0 Å². The van der Waals surface area contributed by atoms with Crippen LogP contribution in [0.5, 0.6) is 0 Å². The molecule has 0 saturated carbocycles. The van der Waals surface area contributed by atoms with E-state index in [1.807, 2.05) is 31.1 Å². The highest BCUT2D eigenvalue weighted by atomic mass is 32.1. The average Bonchev–Trinajstić information content (AvgIpc) is 3.12. The second kappa shape index (κ2) is 6.20. The fourth-order valence-electron chi connectivity index (χ4n) is 3.19. The third kappa shape index (κ3) is 2.79. The Hall–Kier alpha value is -1.69. The van der Waals surface area contributed by atoms with E-state index in [0.717, 1.165) is 53.9 Å². The van der Waals surface area contributed by atoms with Gasteiger partial charge < -0.3 is 9.47 Å². The van der Waals surface area contributed by atoms with E-state index in [4.69, 9.17) is 0 Å². The van der Waals surface area contributed by atoms with Gasteiger partial charge in [0.1, 0.15) is 10.7 Å². The molecule has 0 radical (unpaired) electrons. The largest absolute Gasteiger partial charge is 0.337 e. The molecule has 0 aromatic carbocycles. The average molecular weight is 318 g/mol. The number of carbonyl (C=O) groups excluding carboxylic acids is 1. The van der Waals surface area contributed by atoms with E-state index < -0.39 is 0 Å². The topological polar surface area (TPSA) is 51.0 Å². The molecule has 1 saturated heterocycles. The molecule has 22 heavy (non-hydrogen) atoms. The highest BCUT2D eigenvalue weighted by Crippen LogP contribution is 2.28. The maximum Gasteiger partial charge on any atom is 0.265 e. The fraction of sp³-hybridized carbons (Fsp3) is 0.562. The van der Waals surface area contributed by atoms with Crippen LogP contribution in [-0.4, -0.2) is 38.4 Å². The molecular weight excluding hydrogens is 296 g/mol. The summed E-state index contributed by atoms with van der Waals surface area (Å²) in [5.74, 6) is 1.57. The smallest absolute Gasteiger partial charge is 0.265 e. The zero-order valence-corrected chi connectivity index (χ0v) is 14.2. The molecule has 5 nitrogen and oxygen atoms in total. The van der Waals surface area contributed by atoms with Crippen LogP contribution in [0.2, 0.25) is 0 Å². The van der Waals surface area contributed by atoms with Gasteiger partial charge in [-0.1, -0.05) is 0 Å². The van der Waals surface area contributed by atoms with Crippen LogP contribution in [0.4, 0.5) is 0 Å². The minimum atomic E-state index is 0.127. The van der Waals surface area contributed by atoms with Gasteiger partial charge in [-0.3, -0.25) is 4.79 Å². The van der Waals surface area contributed by atoms with Crippen molar-refractivity contribution in [2.75, 3.05) is 13.1 Å². The number of nitrogens with zero attached hydrogens (tertiary/aromatic N) is 4. The molecule has 0 spiro atoms. The summed E-state index contributed by atoms with van der Waals surface area (Å²) in [6.45, 7) is 8.51. The summed E-state index contributed by atoms with van der Waals surface area (Å²) >= 11 is 1.50. The van der Waals surface area contributed by atoms with Crippen LogP contribution in [0, 0.1) is 13.8 Å². The maximum absolute atomic E-state index is 12.8. The monoisotopic (exact) mass is 318 g/mol. The van der Waals surface area contributed by atoms with Crippen molar-refractivity contribution in [2.45, 2.75) is 46.1 Å². The fourth-order valence-corrected chi connectivity index (χ4v) is 4.08. The molecular formula is C16H22N4OS. The number of hydrogen-bond donors (Lipinski definition) is 0. The number of aryl methyl sites for hydroxylation is 3. The van der Waals surface area contributed by atoms with Gasteiger partial charge >= 0.3 is 0 Å². The van der Waals surface area contributed by atoms with E-state index in [1.54, 1.807) is 0 Å². The SMILES string of the molecule is CCn1ccnc1[C@H]1CCCN(C(=O)c2sc(C)nc2C)C1. The van der Waals surface area contributed by atoms with E-state index in [2.05, 4.69) is 21.5 Å². The van der Waals surface area contributed by atoms with Gasteiger partial charge in [-0.2, -0.15) is 0 Å². The van der Waals surface area contributed by atoms with Crippen LogP contribution in [0.25, 0.3) is 0 Å². The Morgan fingerprint density at radius 2 is 2.27 bits per heavy atom. The van der Waals surface area contributed by atoms with Gasteiger partial charge in [0.15, 0.2) is 0 Å². The maximum atomic E-state index is 12.8. The Morgan fingerprint density at radius 3 is 2.95 bits per heavy atom. The summed E-state index contributed by atoms with van der Waals surface area (Å²) < 4.78 is 2.18. The van der Waals surface area contributed by atoms with Crippen LogP contribution < -0.4 is 0 Å². The number of carbonyl (C=O) groups is 1. The van der Waals surface area contributed by atoms with Crippen molar-refractivity contribution in [1.82, 2.24) is 19.4 Å². The number of likely N-dealkylation sites (tertiary alicyclic amines) is 1. The van der Waals surface area contributed by atoms with Crippen molar-refractivity contribution in [3.63, 3.8) is 0 Å². The molecule has 1 aliphatic heterocycles. The lowest BCUT2D eigenvalue weighted by Gasteiger charge is -2.32. The first-order chi connectivity index (χ1) is 10.6. The van der Waals surface area contributed by atoms with Gasteiger partial charge in [0, 0.05) is 37.9 Å². The third-order valence-electron chi connectivity index (χ3n) is 4.26. The summed E-state index contributed by atoms with van der Waals surface area (Å²) in [5.41, 5.74) is 0.852. The van der Waals surface area contributed by atoms with E-state index >= 15 is 0 Å². The number of aromatic nitrogens is 3. The predicted octanol–water partition coefficient (Wildman–Crippen LogP) is 3.00. The van der Waals surface area contributed by atoms with Crippen molar-refractivity contribution in [3.8, 4) is 0 Å². The van der Waals surface area contributed by atoms with Gasteiger partial charge in [-0.25, -0.2) is 9.97 Å². The minimum absolute atomic E-state index is 0.127. The molecule has 1 atom stereocenters. The van der Waals surface area contributed by atoms with Gasteiger partial charge in [0.05, 0.1) is 10.7 Å². The third-order valence-corrected chi connectivity index (χ3v) is 5.32. The quantitative estimate of drug-likeness (QED) is 0.874. The molecule has 2 aromatic rings. The summed E-state index contributed by atoms with van der Waals surface area (Å²) in [7, 11) is 0. The van der Waals surface area contributed by atoms with E-state index in [9.17, 15) is 4.79 Å². The highest BCUT2D eigenvalue weighted by molar-refractivity contribution is 7.13. The molecule has 3 rings (SSSR count). The Balaban J connectivity index is 1.78. The summed E-state index contributed by atoms with van der Waals surface area (Å²) in [6, 6.07) is 0. The number of hydrogen-bond acceptors (Lipinski definition) is 4. The second-order valence-corrected chi connectivity index (χ2v) is 7.01. The minimum Gasteiger partial charge on any atom is -0.337 e. The zero-order chi connectivity index (χ0) is 15.7. The number of thiazole rings is 1. The molecule has 0 N–H and O–H groups in total. The Bertz CT molecular complexity index is 675. The number of imidazole rings is 1. The molecule has 0 aliphatic carbocycles. The second-order valence-electron chi connectivity index (χ2n) is 5.81. The van der Waals surface area contributed by atoms with Crippen molar-refractivity contribution < 1.29 is 4.79 Å². The van der Waals surface area contributed by atoms with E-state index in [0.29, 0.717) is 5.92 Å². The lowest BCUT2D eigenvalue weighted by Crippen LogP contribution is -2.39. The van der Waals surface area contributed by atoms with Crippen molar-refractivity contribution >= 4 is 17.2 Å². The first kappa shape index (κ1) is 15.2. The highest BCUT2D eigenvalue weighted by Gasteiger charge is 2.29. The Morgan fingerprint density at radius 1 is 1.45 bits per heavy atom. The first-order valence-electron chi connectivity index (χ1n) is 7.84. The number of rotatable bonds is 3. The summed E-state index contributed by atoms with van der Waals surface area (Å²) in [6.07, 6.45) is 6.01. The zero-order valence-electron chi connectivity index (χ0n) is 13.4. The summed E-state index contributed by atoms with van der Waals surface area (Å²) in [5, 5.41) is 0.955. The molecule has 2 aromatic heterocycles. The molecule has 0 unspecified atom stereocenters. The Labute approximate surface area is 135 Å². The standard InChI is InChI=1S/C16H22N4OS/c1-4-19-9-7-17-15(19)13-6-5-8-20(10-13)16(21)14-11(2)18-12(3)22-14/h7,9,13H,4-6,8,10H2,1-3H3/t13-/m0/s1. The normalized spacial score (nSPS) is 18.7. The van der Waals surface area contributed by atoms with Crippen LogP contribution in [0.15, 0.2) is 12.4 Å². The number of piperidine rings is 1. The number of amides is 1. The van der Waals surface area contributed by atoms with Crippen LogP contribution >= 0.6 is 11.3 Å². The molecule has 1 fully saturated rings. The van der Waals surface area contributed by atoms with Crippen molar-refractivity contribution in [3.05, 3.63) is 33.8 Å². The van der Waals surface area contributed by atoms with E-state index in [-0.39, 0.29) is 5.91 Å². The lowest BCUT2D eigenvalue weighted by atomic mass is 9.97. The van der Waals surface area contributed by atoms with Crippen LogP contribution in [-0.2, 0) is 6.54 Å². The molecule has 3 heterocycles. The van der Waals surface area contributed by atoms with Gasteiger partial charge in [-0.15, -0.1) is 11.3 Å². The van der Waals surface area contributed by atoms with Crippen LogP contribution in [0.3, 0.4) is 0 Å². The molecule has 0 bridgehead atoms. The van der Waals surface area contributed by atoms with E-state index in [1.165, 1.54) is 11.3 Å². The molecule has 6 heteroatoms. The van der Waals surface area contributed by atoms with Crippen LogP contribution in [0.1, 0.15) is 51.9 Å². The lowest BCUT2D eigenvalue weighted by molar-refractivity contribution is 0.0707. The predicted molar refractivity (Wildman–Crippen MR) is 87.4 cm³/mol. The first-order valence-corrected chi connectivity index (χ1v) is 8.66. The van der Waals surface area contributed by atoms with Crippen molar-refractivity contribution in [2.24, 2.45) is 0 Å². The van der Waals surface area contributed by atoms with Crippen molar-refractivity contribution in [1.29, 1.82) is 0 Å². The summed E-state index contributed by atoms with van der Waals surface area (Å²) in [4.78, 5) is 24.4.